The maximum absolute atomic E-state index is 10.3. The van der Waals surface area contributed by atoms with Gasteiger partial charge in [0.05, 0.1) is 45.3 Å². The van der Waals surface area contributed by atoms with Crippen LogP contribution in [0.5, 0.6) is 0 Å². The van der Waals surface area contributed by atoms with Crippen LogP contribution in [-0.2, 0) is 0 Å². The SMILES string of the molecule is N#Cc1cc2nc(-c3ccccc3)c(-c3ccccc3)nc2c2c(-c3ccccc3)nc3ccccc3c12. The highest BCUT2D eigenvalue weighted by molar-refractivity contribution is 6.22. The van der Waals surface area contributed by atoms with E-state index in [1.54, 1.807) is 0 Å². The van der Waals surface area contributed by atoms with Crippen molar-refractivity contribution in [2.75, 3.05) is 0 Å². The predicted molar refractivity (Wildman–Crippen MR) is 153 cm³/mol. The zero-order valence-electron chi connectivity index (χ0n) is 20.3. The quantitative estimate of drug-likeness (QED) is 0.237. The third kappa shape index (κ3) is 3.49. The van der Waals surface area contributed by atoms with E-state index < -0.39 is 0 Å². The highest BCUT2D eigenvalue weighted by Crippen LogP contribution is 2.40. The van der Waals surface area contributed by atoms with E-state index in [0.717, 1.165) is 61.0 Å². The molecule has 0 radical (unpaired) electrons. The van der Waals surface area contributed by atoms with Gasteiger partial charge >= 0.3 is 0 Å². The van der Waals surface area contributed by atoms with Gasteiger partial charge in [0.15, 0.2) is 0 Å². The summed E-state index contributed by atoms with van der Waals surface area (Å²) < 4.78 is 0. The van der Waals surface area contributed by atoms with E-state index in [2.05, 4.69) is 18.2 Å². The number of nitrogens with zero attached hydrogens (tertiary/aromatic N) is 4. The van der Waals surface area contributed by atoms with Crippen LogP contribution in [0.15, 0.2) is 121 Å². The maximum atomic E-state index is 10.3. The van der Waals surface area contributed by atoms with Crippen LogP contribution in [0.3, 0.4) is 0 Å². The van der Waals surface area contributed by atoms with Crippen molar-refractivity contribution in [1.29, 1.82) is 5.26 Å². The van der Waals surface area contributed by atoms with Crippen LogP contribution in [0.25, 0.3) is 66.5 Å². The minimum Gasteiger partial charge on any atom is -0.247 e. The molecular formula is C34H20N4. The van der Waals surface area contributed by atoms with Crippen LogP contribution in [0.2, 0.25) is 0 Å². The van der Waals surface area contributed by atoms with Crippen molar-refractivity contribution >= 4 is 32.7 Å². The molecule has 0 amide bonds. The predicted octanol–water partition coefficient (Wildman–Crippen LogP) is 8.20. The Kier molecular flexibility index (Phi) is 5.13. The Hall–Kier alpha value is -5.40. The summed E-state index contributed by atoms with van der Waals surface area (Å²) in [4.78, 5) is 15.6. The largest absolute Gasteiger partial charge is 0.247 e. The van der Waals surface area contributed by atoms with Gasteiger partial charge in [-0.05, 0) is 12.1 Å². The van der Waals surface area contributed by atoms with Crippen molar-refractivity contribution in [2.45, 2.75) is 0 Å². The molecule has 0 unspecified atom stereocenters. The molecule has 0 atom stereocenters. The lowest BCUT2D eigenvalue weighted by atomic mass is 9.94. The molecule has 0 aliphatic heterocycles. The molecule has 2 aromatic heterocycles. The second-order valence-corrected chi connectivity index (χ2v) is 9.15. The summed E-state index contributed by atoms with van der Waals surface area (Å²) >= 11 is 0. The van der Waals surface area contributed by atoms with Crippen molar-refractivity contribution in [1.82, 2.24) is 15.0 Å². The zero-order chi connectivity index (χ0) is 25.5. The molecule has 4 heteroatoms. The summed E-state index contributed by atoms with van der Waals surface area (Å²) in [6.07, 6.45) is 0. The average Bonchev–Trinajstić information content (AvgIpc) is 3.00. The van der Waals surface area contributed by atoms with E-state index in [1.165, 1.54) is 0 Å². The second kappa shape index (κ2) is 8.92. The van der Waals surface area contributed by atoms with Gasteiger partial charge in [-0.25, -0.2) is 15.0 Å². The number of hydrogen-bond donors (Lipinski definition) is 0. The molecule has 5 aromatic carbocycles. The average molecular weight is 485 g/mol. The Morgan fingerprint density at radius 2 is 0.974 bits per heavy atom. The molecule has 0 fully saturated rings. The summed E-state index contributed by atoms with van der Waals surface area (Å²) in [6.45, 7) is 0. The van der Waals surface area contributed by atoms with E-state index in [4.69, 9.17) is 15.0 Å². The van der Waals surface area contributed by atoms with Gasteiger partial charge in [0.25, 0.3) is 0 Å². The molecule has 4 nitrogen and oxygen atoms in total. The third-order valence-corrected chi connectivity index (χ3v) is 6.86. The van der Waals surface area contributed by atoms with E-state index >= 15 is 0 Å². The summed E-state index contributed by atoms with van der Waals surface area (Å²) in [5, 5.41) is 12.9. The number of para-hydroxylation sites is 1. The third-order valence-electron chi connectivity index (χ3n) is 6.86. The molecule has 0 bridgehead atoms. The fourth-order valence-electron chi connectivity index (χ4n) is 5.15. The second-order valence-electron chi connectivity index (χ2n) is 9.15. The molecule has 0 aliphatic rings. The Bertz CT molecular complexity index is 2010. The zero-order valence-corrected chi connectivity index (χ0v) is 20.3. The molecule has 0 saturated heterocycles. The first-order valence-corrected chi connectivity index (χ1v) is 12.5. The maximum Gasteiger partial charge on any atom is 0.0999 e. The smallest absolute Gasteiger partial charge is 0.0999 e. The van der Waals surface area contributed by atoms with Gasteiger partial charge in [-0.1, -0.05) is 109 Å². The normalized spacial score (nSPS) is 11.1. The summed E-state index contributed by atoms with van der Waals surface area (Å²) in [6, 6.07) is 42.6. The standard InChI is InChI=1S/C34H20N4/c35-21-25-20-28-34(38-33(24-16-8-3-9-17-24)32(37-28)23-14-6-2-7-15-23)30-29(25)26-18-10-11-19-27(26)36-31(30)22-12-4-1-5-13-22/h1-20H. The molecule has 0 aliphatic carbocycles. The molecule has 0 spiro atoms. The number of rotatable bonds is 3. The fourth-order valence-corrected chi connectivity index (χ4v) is 5.15. The van der Waals surface area contributed by atoms with Gasteiger partial charge in [-0.15, -0.1) is 0 Å². The molecule has 2 heterocycles. The molecule has 176 valence electrons. The molecular weight excluding hydrogens is 464 g/mol. The van der Waals surface area contributed by atoms with Crippen molar-refractivity contribution in [3.8, 4) is 39.8 Å². The molecule has 0 N–H and O–H groups in total. The van der Waals surface area contributed by atoms with Crippen LogP contribution in [-0.4, -0.2) is 15.0 Å². The highest BCUT2D eigenvalue weighted by Gasteiger charge is 2.21. The number of pyridine rings is 1. The number of hydrogen-bond acceptors (Lipinski definition) is 4. The molecule has 38 heavy (non-hydrogen) atoms. The van der Waals surface area contributed by atoms with Crippen LogP contribution in [0.1, 0.15) is 5.56 Å². The highest BCUT2D eigenvalue weighted by atomic mass is 14.8. The molecule has 7 rings (SSSR count). The van der Waals surface area contributed by atoms with Gasteiger partial charge in [0.1, 0.15) is 0 Å². The minimum absolute atomic E-state index is 0.559. The summed E-state index contributed by atoms with van der Waals surface area (Å²) in [5.74, 6) is 0. The molecule has 7 aromatic rings. The lowest BCUT2D eigenvalue weighted by molar-refractivity contribution is 1.29. The van der Waals surface area contributed by atoms with Crippen molar-refractivity contribution < 1.29 is 0 Å². The fraction of sp³-hybridized carbons (Fsp3) is 0. The summed E-state index contributed by atoms with van der Waals surface area (Å²) in [5.41, 5.74) is 8.09. The van der Waals surface area contributed by atoms with Gasteiger partial charge in [-0.2, -0.15) is 5.26 Å². The number of fused-ring (bicyclic) bond motifs is 5. The van der Waals surface area contributed by atoms with Gasteiger partial charge in [0.2, 0.25) is 0 Å². The first kappa shape index (κ1) is 21.8. The van der Waals surface area contributed by atoms with Crippen LogP contribution in [0.4, 0.5) is 0 Å². The van der Waals surface area contributed by atoms with E-state index in [9.17, 15) is 5.26 Å². The topological polar surface area (TPSA) is 62.5 Å². The van der Waals surface area contributed by atoms with E-state index in [1.807, 2.05) is 109 Å². The van der Waals surface area contributed by atoms with Crippen LogP contribution >= 0.6 is 0 Å². The van der Waals surface area contributed by atoms with Crippen molar-refractivity contribution in [3.05, 3.63) is 127 Å². The van der Waals surface area contributed by atoms with Crippen molar-refractivity contribution in [2.24, 2.45) is 0 Å². The monoisotopic (exact) mass is 484 g/mol. The first-order valence-electron chi connectivity index (χ1n) is 12.5. The number of benzene rings is 5. The van der Waals surface area contributed by atoms with Gasteiger partial charge in [0, 0.05) is 32.8 Å². The minimum atomic E-state index is 0.559. The lowest BCUT2D eigenvalue weighted by Crippen LogP contribution is -1.99. The van der Waals surface area contributed by atoms with E-state index in [-0.39, 0.29) is 0 Å². The van der Waals surface area contributed by atoms with E-state index in [0.29, 0.717) is 11.1 Å². The lowest BCUT2D eigenvalue weighted by Gasteiger charge is -2.16. The number of aromatic nitrogens is 3. The van der Waals surface area contributed by atoms with Crippen LogP contribution in [0, 0.1) is 11.3 Å². The Balaban J connectivity index is 1.71. The van der Waals surface area contributed by atoms with Crippen LogP contribution < -0.4 is 0 Å². The number of nitriles is 1. The van der Waals surface area contributed by atoms with Gasteiger partial charge < -0.3 is 0 Å². The Morgan fingerprint density at radius 1 is 0.474 bits per heavy atom. The first-order chi connectivity index (χ1) is 18.8. The van der Waals surface area contributed by atoms with Gasteiger partial charge in [-0.3, -0.25) is 0 Å². The summed E-state index contributed by atoms with van der Waals surface area (Å²) in [7, 11) is 0. The van der Waals surface area contributed by atoms with Crippen molar-refractivity contribution in [3.63, 3.8) is 0 Å². The molecule has 0 saturated carbocycles. The Labute approximate surface area is 219 Å². The Morgan fingerprint density at radius 3 is 1.58 bits per heavy atom.